The van der Waals surface area contributed by atoms with Gasteiger partial charge in [0.2, 0.25) is 0 Å². The van der Waals surface area contributed by atoms with Crippen molar-refractivity contribution in [1.82, 2.24) is 4.57 Å². The number of morpholine rings is 1. The van der Waals surface area contributed by atoms with Gasteiger partial charge in [0.15, 0.2) is 4.80 Å². The predicted octanol–water partition coefficient (Wildman–Crippen LogP) is 3.74. The normalized spacial score (nSPS) is 17.1. The Morgan fingerprint density at radius 3 is 2.64 bits per heavy atom. The van der Waals surface area contributed by atoms with E-state index in [9.17, 15) is 19.7 Å². The van der Waals surface area contributed by atoms with E-state index in [2.05, 4.69) is 4.90 Å². The first-order valence-corrected chi connectivity index (χ1v) is 15.1. The summed E-state index contributed by atoms with van der Waals surface area (Å²) in [5.74, 6) is -0.541. The van der Waals surface area contributed by atoms with Gasteiger partial charge < -0.3 is 14.4 Å². The Morgan fingerprint density at radius 2 is 1.95 bits per heavy atom. The van der Waals surface area contributed by atoms with Crippen molar-refractivity contribution in [3.05, 3.63) is 117 Å². The van der Waals surface area contributed by atoms with Crippen LogP contribution in [0.2, 0.25) is 0 Å². The highest BCUT2D eigenvalue weighted by molar-refractivity contribution is 7.10. The highest BCUT2D eigenvalue weighted by Gasteiger charge is 2.35. The van der Waals surface area contributed by atoms with Gasteiger partial charge in [0.05, 0.1) is 40.5 Å². The number of nitrogens with zero attached hydrogens (tertiary/aromatic N) is 4. The molecule has 12 heteroatoms. The lowest BCUT2D eigenvalue weighted by atomic mass is 9.97. The Hall–Kier alpha value is -4.39. The second-order valence-electron chi connectivity index (χ2n) is 9.55. The molecule has 0 radical (unpaired) electrons. The van der Waals surface area contributed by atoms with Gasteiger partial charge in [-0.2, -0.15) is 0 Å². The van der Waals surface area contributed by atoms with E-state index in [4.69, 9.17) is 14.5 Å². The number of non-ortho nitro benzene ring substituents is 1. The minimum Gasteiger partial charge on any atom is -0.463 e. The van der Waals surface area contributed by atoms with Crippen molar-refractivity contribution in [2.24, 2.45) is 4.99 Å². The third-order valence-corrected chi connectivity index (χ3v) is 8.95. The monoisotopic (exact) mass is 602 g/mol. The van der Waals surface area contributed by atoms with E-state index in [1.807, 2.05) is 47.8 Å². The van der Waals surface area contributed by atoms with Gasteiger partial charge in [-0.15, -0.1) is 11.3 Å². The molecule has 1 atom stereocenters. The molecule has 2 aliphatic rings. The van der Waals surface area contributed by atoms with Crippen LogP contribution in [0.1, 0.15) is 29.0 Å². The molecule has 214 valence electrons. The first kappa shape index (κ1) is 27.8. The van der Waals surface area contributed by atoms with Gasteiger partial charge in [0, 0.05) is 46.9 Å². The number of nitro groups is 1. The number of anilines is 1. The summed E-state index contributed by atoms with van der Waals surface area (Å²) in [6.07, 6.45) is 1.68. The number of benzene rings is 2. The molecule has 0 bridgehead atoms. The average molecular weight is 603 g/mol. The standard InChI is InChI=1S/C30H26N4O6S2/c1-2-40-29(36)25-26(19-7-4-3-5-8-19)31-30-33(27(25)23-9-6-16-41-23)28(35)24(42-30)18-20-17-21(34(37)38)10-11-22(20)32-12-14-39-15-13-32/h3-11,16-18,27H,2,12-15H2,1H3/b24-18-. The molecule has 2 aliphatic heterocycles. The molecule has 0 amide bonds. The summed E-state index contributed by atoms with van der Waals surface area (Å²) in [7, 11) is 0. The molecule has 42 heavy (non-hydrogen) atoms. The Bertz CT molecular complexity index is 1860. The van der Waals surface area contributed by atoms with Crippen LogP contribution in [0, 0.1) is 10.1 Å². The van der Waals surface area contributed by atoms with Crippen LogP contribution in [-0.4, -0.2) is 48.4 Å². The number of carbonyl (C=O) groups excluding carboxylic acids is 1. The van der Waals surface area contributed by atoms with E-state index in [1.165, 1.54) is 39.4 Å². The number of thiazole rings is 1. The maximum Gasteiger partial charge on any atom is 0.338 e. The van der Waals surface area contributed by atoms with Gasteiger partial charge >= 0.3 is 5.97 Å². The largest absolute Gasteiger partial charge is 0.463 e. The van der Waals surface area contributed by atoms with Crippen LogP contribution >= 0.6 is 22.7 Å². The molecule has 1 unspecified atom stereocenters. The smallest absolute Gasteiger partial charge is 0.338 e. The number of carbonyl (C=O) groups is 1. The van der Waals surface area contributed by atoms with E-state index in [1.54, 1.807) is 19.1 Å². The molecule has 4 heterocycles. The van der Waals surface area contributed by atoms with Gasteiger partial charge in [0.1, 0.15) is 6.04 Å². The maximum absolute atomic E-state index is 14.1. The Balaban J connectivity index is 1.60. The van der Waals surface area contributed by atoms with Crippen molar-refractivity contribution in [3.63, 3.8) is 0 Å². The fraction of sp³-hybridized carbons (Fsp3) is 0.233. The number of rotatable bonds is 7. The number of thiophene rings is 1. The number of nitro benzene ring substituents is 1. The quantitative estimate of drug-likeness (QED) is 0.180. The lowest BCUT2D eigenvalue weighted by Crippen LogP contribution is -2.39. The van der Waals surface area contributed by atoms with Crippen molar-refractivity contribution >= 4 is 51.8 Å². The van der Waals surface area contributed by atoms with Crippen molar-refractivity contribution < 1.29 is 19.2 Å². The van der Waals surface area contributed by atoms with E-state index in [0.29, 0.717) is 46.9 Å². The number of aromatic nitrogens is 1. The molecule has 0 spiro atoms. The zero-order chi connectivity index (χ0) is 29.2. The van der Waals surface area contributed by atoms with Crippen LogP contribution in [0.4, 0.5) is 11.4 Å². The van der Waals surface area contributed by atoms with E-state index >= 15 is 0 Å². The Morgan fingerprint density at radius 1 is 1.17 bits per heavy atom. The Labute approximate surface area is 248 Å². The molecule has 1 fully saturated rings. The zero-order valence-electron chi connectivity index (χ0n) is 22.6. The summed E-state index contributed by atoms with van der Waals surface area (Å²) >= 11 is 2.62. The predicted molar refractivity (Wildman–Crippen MR) is 162 cm³/mol. The number of fused-ring (bicyclic) bond motifs is 1. The first-order valence-electron chi connectivity index (χ1n) is 13.4. The minimum absolute atomic E-state index is 0.0709. The van der Waals surface area contributed by atoms with Crippen LogP contribution in [0.5, 0.6) is 0 Å². The maximum atomic E-state index is 14.1. The molecule has 2 aromatic heterocycles. The van der Waals surface area contributed by atoms with Crippen LogP contribution < -0.4 is 19.8 Å². The van der Waals surface area contributed by atoms with Crippen LogP contribution in [-0.2, 0) is 14.3 Å². The second-order valence-corrected chi connectivity index (χ2v) is 11.5. The SMILES string of the molecule is CCOC(=O)C1=C(c2ccccc2)N=c2s/c(=C\c3cc([N+](=O)[O-])ccc3N3CCOCC3)c(=O)n2C1c1cccs1. The average Bonchev–Trinajstić information content (AvgIpc) is 3.65. The topological polar surface area (TPSA) is 116 Å². The van der Waals surface area contributed by atoms with E-state index < -0.39 is 16.9 Å². The third kappa shape index (κ3) is 5.20. The summed E-state index contributed by atoms with van der Waals surface area (Å²) < 4.78 is 12.9. The molecule has 0 saturated carbocycles. The van der Waals surface area contributed by atoms with Crippen LogP contribution in [0.3, 0.4) is 0 Å². The fourth-order valence-electron chi connectivity index (χ4n) is 5.16. The number of hydrogen-bond acceptors (Lipinski definition) is 10. The molecule has 2 aromatic carbocycles. The van der Waals surface area contributed by atoms with Crippen molar-refractivity contribution in [3.8, 4) is 0 Å². The minimum atomic E-state index is -0.749. The molecule has 0 N–H and O–H groups in total. The summed E-state index contributed by atoms with van der Waals surface area (Å²) in [5.41, 5.74) is 2.38. The van der Waals surface area contributed by atoms with Gasteiger partial charge in [-0.25, -0.2) is 9.79 Å². The van der Waals surface area contributed by atoms with E-state index in [0.717, 1.165) is 16.1 Å². The summed E-state index contributed by atoms with van der Waals surface area (Å²) in [4.78, 5) is 47.0. The molecular formula is C30H26N4O6S2. The summed E-state index contributed by atoms with van der Waals surface area (Å²) in [5, 5.41) is 13.5. The molecule has 0 aliphatic carbocycles. The molecule has 1 saturated heterocycles. The zero-order valence-corrected chi connectivity index (χ0v) is 24.2. The van der Waals surface area contributed by atoms with Gasteiger partial charge in [0.25, 0.3) is 11.2 Å². The summed E-state index contributed by atoms with van der Waals surface area (Å²) in [6, 6.07) is 17.0. The molecular weight excluding hydrogens is 576 g/mol. The fourth-order valence-corrected chi connectivity index (χ4v) is 6.98. The van der Waals surface area contributed by atoms with Crippen LogP contribution in [0.15, 0.2) is 81.4 Å². The van der Waals surface area contributed by atoms with Gasteiger partial charge in [-0.05, 0) is 30.5 Å². The lowest BCUT2D eigenvalue weighted by Gasteiger charge is -2.30. The highest BCUT2D eigenvalue weighted by atomic mass is 32.1. The first-order chi connectivity index (χ1) is 20.5. The Kier molecular flexibility index (Phi) is 7.83. The van der Waals surface area contributed by atoms with E-state index in [-0.39, 0.29) is 23.4 Å². The second kappa shape index (κ2) is 11.8. The van der Waals surface area contributed by atoms with Crippen LogP contribution in [0.25, 0.3) is 11.8 Å². The van der Waals surface area contributed by atoms with Crippen molar-refractivity contribution in [1.29, 1.82) is 0 Å². The lowest BCUT2D eigenvalue weighted by molar-refractivity contribution is -0.384. The highest BCUT2D eigenvalue weighted by Crippen LogP contribution is 2.37. The molecule has 4 aromatic rings. The number of ether oxygens (including phenoxy) is 2. The summed E-state index contributed by atoms with van der Waals surface area (Å²) in [6.45, 7) is 4.24. The van der Waals surface area contributed by atoms with Gasteiger partial charge in [-0.3, -0.25) is 19.5 Å². The molecule has 10 nitrogen and oxygen atoms in total. The number of esters is 1. The van der Waals surface area contributed by atoms with Gasteiger partial charge in [-0.1, -0.05) is 47.7 Å². The van der Waals surface area contributed by atoms with Crippen molar-refractivity contribution in [2.75, 3.05) is 37.8 Å². The number of hydrogen-bond donors (Lipinski definition) is 0. The third-order valence-electron chi connectivity index (χ3n) is 7.05. The van der Waals surface area contributed by atoms with Crippen molar-refractivity contribution in [2.45, 2.75) is 13.0 Å². The molecule has 6 rings (SSSR count).